The number of carbonyl (C=O) groups is 2. The van der Waals surface area contributed by atoms with Crippen LogP contribution < -0.4 is 9.64 Å². The third-order valence-corrected chi connectivity index (χ3v) is 7.86. The number of hydrogen-bond donors (Lipinski definition) is 1. The average Bonchev–Trinajstić information content (AvgIpc) is 3.63. The van der Waals surface area contributed by atoms with Crippen molar-refractivity contribution in [2.75, 3.05) is 11.5 Å². The molecule has 39 heavy (non-hydrogen) atoms. The fourth-order valence-electron chi connectivity index (χ4n) is 4.65. The number of thiazole rings is 1. The van der Waals surface area contributed by atoms with E-state index in [2.05, 4.69) is 11.9 Å². The third-order valence-electron chi connectivity index (χ3n) is 6.61. The van der Waals surface area contributed by atoms with Gasteiger partial charge in [0.1, 0.15) is 11.3 Å². The first kappa shape index (κ1) is 25.2. The van der Waals surface area contributed by atoms with Gasteiger partial charge < -0.3 is 14.3 Å². The highest BCUT2D eigenvalue weighted by Crippen LogP contribution is 2.45. The van der Waals surface area contributed by atoms with E-state index in [9.17, 15) is 14.7 Å². The lowest BCUT2D eigenvalue weighted by molar-refractivity contribution is -0.117. The number of furan rings is 1. The monoisotopic (exact) mass is 558 g/mol. The van der Waals surface area contributed by atoms with Crippen LogP contribution in [-0.4, -0.2) is 28.4 Å². The van der Waals surface area contributed by atoms with Crippen molar-refractivity contribution in [3.63, 3.8) is 0 Å². The molecule has 0 radical (unpaired) electrons. The van der Waals surface area contributed by atoms with Crippen LogP contribution in [0.2, 0.25) is 5.02 Å². The Morgan fingerprint density at radius 2 is 1.92 bits per heavy atom. The van der Waals surface area contributed by atoms with Gasteiger partial charge in [0.25, 0.3) is 5.91 Å². The van der Waals surface area contributed by atoms with Gasteiger partial charge in [0, 0.05) is 10.4 Å². The first-order valence-corrected chi connectivity index (χ1v) is 13.7. The number of Topliss-reactive ketones (excluding diaryl/α,β-unsaturated/α-hetero) is 1. The van der Waals surface area contributed by atoms with Gasteiger partial charge in [-0.2, -0.15) is 0 Å². The van der Waals surface area contributed by atoms with E-state index in [1.807, 2.05) is 18.2 Å². The summed E-state index contributed by atoms with van der Waals surface area (Å²) < 4.78 is 12.4. The lowest BCUT2D eigenvalue weighted by Crippen LogP contribution is -2.30. The van der Waals surface area contributed by atoms with Gasteiger partial charge >= 0.3 is 0 Å². The van der Waals surface area contributed by atoms with Crippen LogP contribution in [0.1, 0.15) is 41.9 Å². The Balaban J connectivity index is 1.45. The van der Waals surface area contributed by atoms with Crippen LogP contribution in [0.25, 0.3) is 21.2 Å². The number of para-hydroxylation sites is 1. The maximum absolute atomic E-state index is 13.8. The molecule has 196 valence electrons. The smallest absolute Gasteiger partial charge is 0.296 e. The van der Waals surface area contributed by atoms with Crippen LogP contribution in [-0.2, 0) is 4.79 Å². The predicted octanol–water partition coefficient (Wildman–Crippen LogP) is 7.66. The lowest BCUT2D eigenvalue weighted by Gasteiger charge is -2.24. The largest absolute Gasteiger partial charge is 0.503 e. The van der Waals surface area contributed by atoms with E-state index in [1.165, 1.54) is 16.2 Å². The molecule has 3 aromatic carbocycles. The van der Waals surface area contributed by atoms with Gasteiger partial charge in [0.15, 0.2) is 16.7 Å². The topological polar surface area (TPSA) is 92.9 Å². The Bertz CT molecular complexity index is 1720. The molecule has 7 nitrogen and oxygen atoms in total. The molecule has 2 aromatic heterocycles. The molecule has 3 heterocycles. The van der Waals surface area contributed by atoms with E-state index in [-0.39, 0.29) is 11.3 Å². The number of hydrogen-bond acceptors (Lipinski definition) is 7. The minimum atomic E-state index is -0.932. The molecule has 1 amide bonds. The molecule has 1 aliphatic rings. The number of aromatic nitrogens is 1. The summed E-state index contributed by atoms with van der Waals surface area (Å²) in [7, 11) is 0. The number of carbonyl (C=O) groups excluding carboxylic acids is 2. The zero-order valence-electron chi connectivity index (χ0n) is 20.9. The number of aliphatic hydroxyl groups is 1. The summed E-state index contributed by atoms with van der Waals surface area (Å²) >= 11 is 7.43. The SMILES string of the molecule is CCCCOc1ccc(C2C(C(=O)c3cc4ccccc4o3)=C(O)C(=O)N2c2nc3ccc(Cl)cc3s2)cc1. The first-order chi connectivity index (χ1) is 18.9. The number of amides is 1. The predicted molar refractivity (Wildman–Crippen MR) is 152 cm³/mol. The van der Waals surface area contributed by atoms with E-state index in [1.54, 1.807) is 54.6 Å². The summed E-state index contributed by atoms with van der Waals surface area (Å²) in [5.41, 5.74) is 1.74. The molecule has 0 saturated carbocycles. The molecule has 1 unspecified atom stereocenters. The number of halogens is 1. The summed E-state index contributed by atoms with van der Waals surface area (Å²) in [4.78, 5) is 33.4. The van der Waals surface area contributed by atoms with Crippen molar-refractivity contribution in [3.05, 3.63) is 100 Å². The van der Waals surface area contributed by atoms with Crippen molar-refractivity contribution in [2.24, 2.45) is 0 Å². The Morgan fingerprint density at radius 1 is 1.13 bits per heavy atom. The number of ketones is 1. The molecule has 1 atom stereocenters. The molecular formula is C30H23ClN2O5S. The molecule has 1 aliphatic heterocycles. The van der Waals surface area contributed by atoms with Crippen molar-refractivity contribution < 1.29 is 23.8 Å². The van der Waals surface area contributed by atoms with Crippen molar-refractivity contribution in [2.45, 2.75) is 25.8 Å². The highest BCUT2D eigenvalue weighted by atomic mass is 35.5. The van der Waals surface area contributed by atoms with E-state index in [0.29, 0.717) is 39.2 Å². The van der Waals surface area contributed by atoms with Gasteiger partial charge in [-0.1, -0.05) is 66.6 Å². The second-order valence-electron chi connectivity index (χ2n) is 9.20. The zero-order chi connectivity index (χ0) is 27.1. The minimum absolute atomic E-state index is 0.0352. The molecule has 0 spiro atoms. The summed E-state index contributed by atoms with van der Waals surface area (Å²) in [5.74, 6) is -1.21. The highest BCUT2D eigenvalue weighted by molar-refractivity contribution is 7.22. The Labute approximate surface area is 232 Å². The minimum Gasteiger partial charge on any atom is -0.503 e. The van der Waals surface area contributed by atoms with Crippen LogP contribution in [0.5, 0.6) is 5.75 Å². The molecule has 9 heteroatoms. The summed E-state index contributed by atoms with van der Waals surface area (Å²) in [5, 5.41) is 12.7. The van der Waals surface area contributed by atoms with Crippen molar-refractivity contribution in [3.8, 4) is 5.75 Å². The fraction of sp³-hybridized carbons (Fsp3) is 0.167. The third kappa shape index (κ3) is 4.56. The second kappa shape index (κ2) is 10.2. The van der Waals surface area contributed by atoms with E-state index >= 15 is 0 Å². The van der Waals surface area contributed by atoms with Gasteiger partial charge in [-0.05, 0) is 54.4 Å². The summed E-state index contributed by atoms with van der Waals surface area (Å²) in [6, 6.07) is 20.4. The van der Waals surface area contributed by atoms with Gasteiger partial charge in [-0.25, -0.2) is 4.98 Å². The van der Waals surface area contributed by atoms with Crippen LogP contribution >= 0.6 is 22.9 Å². The maximum atomic E-state index is 13.8. The van der Waals surface area contributed by atoms with Crippen LogP contribution in [0.3, 0.4) is 0 Å². The van der Waals surface area contributed by atoms with Gasteiger partial charge in [-0.3, -0.25) is 14.5 Å². The molecule has 0 fully saturated rings. The number of anilines is 1. The number of unbranched alkanes of at least 4 members (excludes halogenated alkanes) is 1. The van der Waals surface area contributed by atoms with Crippen LogP contribution in [0.15, 0.2) is 88.5 Å². The maximum Gasteiger partial charge on any atom is 0.296 e. The van der Waals surface area contributed by atoms with Crippen LogP contribution in [0.4, 0.5) is 5.13 Å². The van der Waals surface area contributed by atoms with Crippen LogP contribution in [0, 0.1) is 0 Å². The number of aliphatic hydroxyl groups excluding tert-OH is 1. The zero-order valence-corrected chi connectivity index (χ0v) is 22.5. The second-order valence-corrected chi connectivity index (χ2v) is 10.6. The Morgan fingerprint density at radius 3 is 2.69 bits per heavy atom. The van der Waals surface area contributed by atoms with E-state index in [0.717, 1.165) is 22.9 Å². The first-order valence-electron chi connectivity index (χ1n) is 12.5. The van der Waals surface area contributed by atoms with E-state index in [4.69, 9.17) is 20.8 Å². The summed E-state index contributed by atoms with van der Waals surface area (Å²) in [6.45, 7) is 2.68. The highest BCUT2D eigenvalue weighted by Gasteiger charge is 2.46. The molecule has 0 bridgehead atoms. The lowest BCUT2D eigenvalue weighted by atomic mass is 9.95. The number of benzene rings is 3. The van der Waals surface area contributed by atoms with Gasteiger partial charge in [0.2, 0.25) is 5.78 Å². The number of ether oxygens (including phenoxy) is 1. The number of nitrogens with zero attached hydrogens (tertiary/aromatic N) is 2. The molecule has 5 aromatic rings. The molecular weight excluding hydrogens is 536 g/mol. The molecule has 0 aliphatic carbocycles. The Kier molecular flexibility index (Phi) is 6.58. The normalized spacial score (nSPS) is 15.6. The van der Waals surface area contributed by atoms with Gasteiger partial charge in [0.05, 0.1) is 28.4 Å². The number of fused-ring (bicyclic) bond motifs is 2. The fourth-order valence-corrected chi connectivity index (χ4v) is 5.91. The van der Waals surface area contributed by atoms with Crippen molar-refractivity contribution in [1.82, 2.24) is 4.98 Å². The molecule has 6 rings (SSSR count). The standard InChI is InChI=1S/C30H23ClN2O5S/c1-2-3-14-37-20-11-8-17(9-12-20)26-25(27(34)23-15-18-6-4-5-7-22(18)38-23)28(35)29(36)33(26)30-32-21-13-10-19(31)16-24(21)39-30/h4-13,15-16,26,35H,2-3,14H2,1H3. The number of rotatable bonds is 8. The quantitative estimate of drug-likeness (QED) is 0.155. The van der Waals surface area contributed by atoms with E-state index < -0.39 is 23.5 Å². The summed E-state index contributed by atoms with van der Waals surface area (Å²) in [6.07, 6.45) is 1.95. The molecule has 0 saturated heterocycles. The Hall–Kier alpha value is -4.14. The van der Waals surface area contributed by atoms with Gasteiger partial charge in [-0.15, -0.1) is 0 Å². The molecule has 1 N–H and O–H groups in total. The van der Waals surface area contributed by atoms with Crippen molar-refractivity contribution in [1.29, 1.82) is 0 Å². The van der Waals surface area contributed by atoms with Crippen molar-refractivity contribution >= 4 is 60.9 Å². The average molecular weight is 559 g/mol.